The predicted octanol–water partition coefficient (Wildman–Crippen LogP) is 1.59. The summed E-state index contributed by atoms with van der Waals surface area (Å²) in [4.78, 5) is 24.2. The van der Waals surface area contributed by atoms with Crippen LogP contribution < -0.4 is 0 Å². The number of amides is 1. The van der Waals surface area contributed by atoms with Crippen molar-refractivity contribution in [1.29, 1.82) is 0 Å². The lowest BCUT2D eigenvalue weighted by Gasteiger charge is -2.19. The van der Waals surface area contributed by atoms with E-state index in [1.807, 2.05) is 6.20 Å². The predicted molar refractivity (Wildman–Crippen MR) is 83.9 cm³/mol. The van der Waals surface area contributed by atoms with E-state index in [-0.39, 0.29) is 5.92 Å². The van der Waals surface area contributed by atoms with Gasteiger partial charge in [0.25, 0.3) is 0 Å². The topological polar surface area (TPSA) is 55.3 Å². The molecule has 122 valence electrons. The van der Waals surface area contributed by atoms with Gasteiger partial charge in [-0.15, -0.1) is 0 Å². The quantitative estimate of drug-likeness (QED) is 0.832. The molecule has 0 bridgehead atoms. The molecule has 1 aromatic heterocycles. The monoisotopic (exact) mass is 313 g/mol. The minimum absolute atomic E-state index is 0.251. The third kappa shape index (κ3) is 1.98. The van der Waals surface area contributed by atoms with Crippen LogP contribution in [0.5, 0.6) is 0 Å². The number of likely N-dealkylation sites (tertiary alicyclic amines) is 1. The minimum Gasteiger partial charge on any atom is -0.381 e. The van der Waals surface area contributed by atoms with Crippen molar-refractivity contribution in [2.45, 2.75) is 32.1 Å². The van der Waals surface area contributed by atoms with Crippen molar-refractivity contribution in [1.82, 2.24) is 14.9 Å². The number of carbonyl (C=O) groups is 1. The van der Waals surface area contributed by atoms with Gasteiger partial charge >= 0.3 is 0 Å². The molecule has 1 aromatic rings. The average molecular weight is 313 g/mol. The van der Waals surface area contributed by atoms with E-state index in [1.54, 1.807) is 0 Å². The first kappa shape index (κ1) is 13.9. The number of ether oxygens (including phenoxy) is 1. The highest BCUT2D eigenvalue weighted by Gasteiger charge is 2.60. The van der Waals surface area contributed by atoms with Crippen LogP contribution in [0, 0.1) is 23.7 Å². The summed E-state index contributed by atoms with van der Waals surface area (Å²) in [5, 5.41) is 0. The Morgan fingerprint density at radius 2 is 2.09 bits per heavy atom. The normalized spacial score (nSPS) is 37.0. The minimum atomic E-state index is 0.251. The van der Waals surface area contributed by atoms with E-state index in [0.717, 1.165) is 38.5 Å². The lowest BCUT2D eigenvalue weighted by molar-refractivity contribution is -0.133. The molecule has 0 radical (unpaired) electrons. The van der Waals surface area contributed by atoms with Gasteiger partial charge in [0.05, 0.1) is 13.2 Å². The SMILES string of the molecule is CC(C)c1ncc2c(n1)CC1CN(C(=O)C3[C@H]4COC[C@@H]34)CC21. The Kier molecular flexibility index (Phi) is 2.88. The fourth-order valence-electron chi connectivity index (χ4n) is 4.87. The largest absolute Gasteiger partial charge is 0.381 e. The zero-order chi connectivity index (χ0) is 15.7. The molecule has 2 aliphatic carbocycles. The second-order valence-corrected chi connectivity index (χ2v) is 7.99. The number of fused-ring (bicyclic) bond motifs is 4. The third-order valence-electron chi connectivity index (χ3n) is 6.28. The van der Waals surface area contributed by atoms with Crippen LogP contribution in [0.15, 0.2) is 6.20 Å². The number of rotatable bonds is 2. The fraction of sp³-hybridized carbons (Fsp3) is 0.722. The standard InChI is InChI=1S/C18H23N3O2/c1-9(2)17-19-4-11-12-6-21(5-10(12)3-15(11)20-17)18(22)16-13-7-23-8-14(13)16/h4,9-10,12-14,16H,3,5-8H2,1-2H3/t10?,12?,13-,14+,16?. The Hall–Kier alpha value is -1.49. The molecule has 3 fully saturated rings. The summed E-state index contributed by atoms with van der Waals surface area (Å²) < 4.78 is 5.41. The maximum absolute atomic E-state index is 12.7. The molecule has 5 heteroatoms. The smallest absolute Gasteiger partial charge is 0.226 e. The number of hydrogen-bond donors (Lipinski definition) is 0. The van der Waals surface area contributed by atoms with Gasteiger partial charge in [-0.2, -0.15) is 0 Å². The molecule has 2 aliphatic heterocycles. The second-order valence-electron chi connectivity index (χ2n) is 7.99. The summed E-state index contributed by atoms with van der Waals surface area (Å²) in [6, 6.07) is 0. The Morgan fingerprint density at radius 1 is 1.30 bits per heavy atom. The second kappa shape index (κ2) is 4.76. The average Bonchev–Trinajstić information content (AvgIpc) is 2.93. The number of hydrogen-bond acceptors (Lipinski definition) is 4. The van der Waals surface area contributed by atoms with E-state index in [9.17, 15) is 4.79 Å². The first-order valence-corrected chi connectivity index (χ1v) is 8.85. The highest BCUT2D eigenvalue weighted by atomic mass is 16.5. The van der Waals surface area contributed by atoms with Crippen molar-refractivity contribution in [3.63, 3.8) is 0 Å². The van der Waals surface area contributed by atoms with Gasteiger partial charge in [-0.3, -0.25) is 4.79 Å². The summed E-state index contributed by atoms with van der Waals surface area (Å²) in [6.07, 6.45) is 3.03. The van der Waals surface area contributed by atoms with Gasteiger partial charge in [-0.25, -0.2) is 9.97 Å². The molecule has 0 aromatic carbocycles. The molecule has 5 atom stereocenters. The van der Waals surface area contributed by atoms with Gasteiger partial charge in [-0.1, -0.05) is 13.8 Å². The maximum Gasteiger partial charge on any atom is 0.226 e. The first-order valence-electron chi connectivity index (χ1n) is 8.85. The zero-order valence-electron chi connectivity index (χ0n) is 13.7. The number of aromatic nitrogens is 2. The van der Waals surface area contributed by atoms with Crippen molar-refractivity contribution in [2.24, 2.45) is 23.7 Å². The first-order chi connectivity index (χ1) is 11.1. The van der Waals surface area contributed by atoms with E-state index >= 15 is 0 Å². The van der Waals surface area contributed by atoms with Gasteiger partial charge < -0.3 is 9.64 Å². The molecule has 0 spiro atoms. The lowest BCUT2D eigenvalue weighted by atomic mass is 9.97. The molecule has 2 saturated heterocycles. The Bertz CT molecular complexity index is 664. The molecule has 1 saturated carbocycles. The Balaban J connectivity index is 1.32. The van der Waals surface area contributed by atoms with Crippen molar-refractivity contribution in [3.8, 4) is 0 Å². The van der Waals surface area contributed by atoms with E-state index in [4.69, 9.17) is 9.72 Å². The van der Waals surface area contributed by atoms with Crippen molar-refractivity contribution in [2.75, 3.05) is 26.3 Å². The molecule has 5 rings (SSSR count). The van der Waals surface area contributed by atoms with E-state index in [0.29, 0.717) is 35.5 Å². The van der Waals surface area contributed by atoms with Crippen molar-refractivity contribution in [3.05, 3.63) is 23.3 Å². The Morgan fingerprint density at radius 3 is 2.83 bits per heavy atom. The lowest BCUT2D eigenvalue weighted by Crippen LogP contribution is -2.32. The van der Waals surface area contributed by atoms with E-state index < -0.39 is 0 Å². The van der Waals surface area contributed by atoms with Crippen molar-refractivity contribution >= 4 is 5.91 Å². The molecular weight excluding hydrogens is 290 g/mol. The molecular formula is C18H23N3O2. The maximum atomic E-state index is 12.7. The van der Waals surface area contributed by atoms with E-state index in [2.05, 4.69) is 23.7 Å². The molecule has 1 amide bonds. The van der Waals surface area contributed by atoms with Crippen LogP contribution in [-0.4, -0.2) is 47.1 Å². The number of carbonyl (C=O) groups excluding carboxylic acids is 1. The molecule has 4 aliphatic rings. The fourth-order valence-corrected chi connectivity index (χ4v) is 4.87. The van der Waals surface area contributed by atoms with E-state index in [1.165, 1.54) is 11.3 Å². The molecule has 23 heavy (non-hydrogen) atoms. The van der Waals surface area contributed by atoms with Crippen LogP contribution in [-0.2, 0) is 16.0 Å². The molecule has 3 unspecified atom stereocenters. The van der Waals surface area contributed by atoms with Gasteiger partial charge in [0.15, 0.2) is 0 Å². The van der Waals surface area contributed by atoms with Crippen LogP contribution in [0.25, 0.3) is 0 Å². The van der Waals surface area contributed by atoms with Crippen LogP contribution in [0.1, 0.15) is 42.8 Å². The van der Waals surface area contributed by atoms with Gasteiger partial charge in [0.1, 0.15) is 5.82 Å². The zero-order valence-corrected chi connectivity index (χ0v) is 13.7. The van der Waals surface area contributed by atoms with Crippen molar-refractivity contribution < 1.29 is 9.53 Å². The van der Waals surface area contributed by atoms with Crippen LogP contribution in [0.4, 0.5) is 0 Å². The van der Waals surface area contributed by atoms with Gasteiger partial charge in [0.2, 0.25) is 5.91 Å². The summed E-state index contributed by atoms with van der Waals surface area (Å²) in [6.45, 7) is 7.60. The summed E-state index contributed by atoms with van der Waals surface area (Å²) >= 11 is 0. The molecule has 0 N–H and O–H groups in total. The van der Waals surface area contributed by atoms with Crippen LogP contribution in [0.3, 0.4) is 0 Å². The number of nitrogens with zero attached hydrogens (tertiary/aromatic N) is 3. The van der Waals surface area contributed by atoms with Gasteiger partial charge in [0, 0.05) is 42.7 Å². The Labute approximate surface area is 136 Å². The summed E-state index contributed by atoms with van der Waals surface area (Å²) in [5.41, 5.74) is 2.51. The summed E-state index contributed by atoms with van der Waals surface area (Å²) in [7, 11) is 0. The van der Waals surface area contributed by atoms with Gasteiger partial charge in [-0.05, 0) is 29.7 Å². The summed E-state index contributed by atoms with van der Waals surface area (Å²) in [5.74, 6) is 3.95. The van der Waals surface area contributed by atoms with Crippen LogP contribution >= 0.6 is 0 Å². The molecule has 5 nitrogen and oxygen atoms in total. The van der Waals surface area contributed by atoms with Crippen LogP contribution in [0.2, 0.25) is 0 Å². The highest BCUT2D eigenvalue weighted by Crippen LogP contribution is 2.53. The third-order valence-corrected chi connectivity index (χ3v) is 6.28. The highest BCUT2D eigenvalue weighted by molar-refractivity contribution is 5.83. The molecule has 3 heterocycles.